The molecule has 1 aliphatic heterocycles. The van der Waals surface area contributed by atoms with Crippen LogP contribution in [0.4, 0.5) is 0 Å². The van der Waals surface area contributed by atoms with Gasteiger partial charge < -0.3 is 4.98 Å². The molecular formula is C23H25N3O. The Kier molecular flexibility index (Phi) is 4.90. The van der Waals surface area contributed by atoms with Crippen molar-refractivity contribution in [3.8, 4) is 0 Å². The van der Waals surface area contributed by atoms with Crippen LogP contribution in [0, 0.1) is 0 Å². The van der Waals surface area contributed by atoms with Crippen LogP contribution >= 0.6 is 0 Å². The summed E-state index contributed by atoms with van der Waals surface area (Å²) >= 11 is 0. The number of nitrogens with zero attached hydrogens (tertiary/aromatic N) is 2. The number of rotatable bonds is 4. The number of hydrogen-bond donors (Lipinski definition) is 1. The van der Waals surface area contributed by atoms with E-state index in [-0.39, 0.29) is 11.6 Å². The lowest BCUT2D eigenvalue weighted by atomic mass is 9.94. The summed E-state index contributed by atoms with van der Waals surface area (Å²) in [6.45, 7) is 8.17. The largest absolute Gasteiger partial charge is 0.322 e. The minimum atomic E-state index is 0.0103. The Bertz CT molecular complexity index is 1010. The fourth-order valence-corrected chi connectivity index (χ4v) is 3.95. The Morgan fingerprint density at radius 1 is 1.19 bits per heavy atom. The Hall–Kier alpha value is -2.72. The van der Waals surface area contributed by atoms with Crippen LogP contribution in [0.1, 0.15) is 42.5 Å². The van der Waals surface area contributed by atoms with Gasteiger partial charge in [-0.25, -0.2) is 0 Å². The summed E-state index contributed by atoms with van der Waals surface area (Å²) in [5, 5.41) is 1.08. The molecule has 27 heavy (non-hydrogen) atoms. The van der Waals surface area contributed by atoms with Crippen molar-refractivity contribution in [2.24, 2.45) is 0 Å². The molecule has 3 aromatic rings. The van der Waals surface area contributed by atoms with Gasteiger partial charge in [0.05, 0.1) is 6.04 Å². The van der Waals surface area contributed by atoms with Crippen LogP contribution in [0.15, 0.2) is 65.7 Å². The molecule has 0 spiro atoms. The molecule has 4 nitrogen and oxygen atoms in total. The van der Waals surface area contributed by atoms with Crippen molar-refractivity contribution in [3.63, 3.8) is 0 Å². The summed E-state index contributed by atoms with van der Waals surface area (Å²) in [7, 11) is 0. The van der Waals surface area contributed by atoms with Gasteiger partial charge in [0, 0.05) is 36.6 Å². The molecular weight excluding hydrogens is 334 g/mol. The Labute approximate surface area is 159 Å². The predicted molar refractivity (Wildman–Crippen MR) is 110 cm³/mol. The van der Waals surface area contributed by atoms with E-state index < -0.39 is 0 Å². The lowest BCUT2D eigenvalue weighted by Crippen LogP contribution is -2.35. The molecule has 0 saturated carbocycles. The molecule has 1 N–H and O–H groups in total. The van der Waals surface area contributed by atoms with Crippen LogP contribution in [0.5, 0.6) is 0 Å². The van der Waals surface area contributed by atoms with Gasteiger partial charge in [-0.15, -0.1) is 0 Å². The van der Waals surface area contributed by atoms with Crippen molar-refractivity contribution >= 4 is 10.9 Å². The van der Waals surface area contributed by atoms with Gasteiger partial charge in [0.2, 0.25) is 0 Å². The van der Waals surface area contributed by atoms with E-state index in [1.54, 1.807) is 0 Å². The van der Waals surface area contributed by atoms with Crippen LogP contribution in [0.2, 0.25) is 0 Å². The fourth-order valence-electron chi connectivity index (χ4n) is 3.95. The minimum absolute atomic E-state index is 0.0103. The highest BCUT2D eigenvalue weighted by Gasteiger charge is 2.25. The van der Waals surface area contributed by atoms with Crippen LogP contribution in [0.3, 0.4) is 0 Å². The zero-order valence-electron chi connectivity index (χ0n) is 15.7. The van der Waals surface area contributed by atoms with E-state index in [9.17, 15) is 4.79 Å². The maximum absolute atomic E-state index is 12.1. The Balaban J connectivity index is 1.80. The molecule has 1 unspecified atom stereocenters. The highest BCUT2D eigenvalue weighted by molar-refractivity contribution is 5.80. The second-order valence-electron chi connectivity index (χ2n) is 7.30. The smallest absolute Gasteiger partial charge is 0.251 e. The number of piperidine rings is 1. The number of fused-ring (bicyclic) bond motifs is 1. The quantitative estimate of drug-likeness (QED) is 0.709. The molecule has 1 aliphatic rings. The van der Waals surface area contributed by atoms with Crippen LogP contribution in [0.25, 0.3) is 10.9 Å². The average Bonchev–Trinajstić information content (AvgIpc) is 2.70. The van der Waals surface area contributed by atoms with E-state index in [1.807, 2.05) is 37.5 Å². The maximum atomic E-state index is 12.1. The summed E-state index contributed by atoms with van der Waals surface area (Å²) in [6, 6.07) is 12.7. The number of aromatic amines is 1. The number of likely N-dealkylation sites (tertiary alicyclic amines) is 1. The number of pyridine rings is 2. The summed E-state index contributed by atoms with van der Waals surface area (Å²) in [5.41, 5.74) is 5.49. The molecule has 0 bridgehead atoms. The van der Waals surface area contributed by atoms with Crippen molar-refractivity contribution in [2.75, 3.05) is 13.1 Å². The number of nitrogens with one attached hydrogen (secondary N) is 1. The van der Waals surface area contributed by atoms with E-state index in [0.717, 1.165) is 48.8 Å². The number of benzene rings is 1. The second kappa shape index (κ2) is 7.49. The third-order valence-corrected chi connectivity index (χ3v) is 5.51. The van der Waals surface area contributed by atoms with Gasteiger partial charge in [-0.1, -0.05) is 31.2 Å². The standard InChI is InChI=1S/C23H25N3O/c1-3-17-13-20-14-18(6-7-21(20)25-23(17)27)22(19-5-4-10-24-15-19)26-11-8-16(2)9-12-26/h4-7,10,13-15,22H,2-3,8-9,11-12H2,1H3,(H,25,27). The molecule has 4 heteroatoms. The van der Waals surface area contributed by atoms with E-state index in [2.05, 4.69) is 39.6 Å². The molecule has 1 fully saturated rings. The van der Waals surface area contributed by atoms with Gasteiger partial charge >= 0.3 is 0 Å². The molecule has 2 aromatic heterocycles. The van der Waals surface area contributed by atoms with Crippen LogP contribution in [-0.4, -0.2) is 28.0 Å². The zero-order valence-corrected chi connectivity index (χ0v) is 15.7. The van der Waals surface area contributed by atoms with E-state index in [0.29, 0.717) is 0 Å². The van der Waals surface area contributed by atoms with E-state index in [1.165, 1.54) is 16.7 Å². The van der Waals surface area contributed by atoms with Crippen molar-refractivity contribution in [1.82, 2.24) is 14.9 Å². The number of aromatic nitrogens is 2. The normalized spacial score (nSPS) is 16.6. The number of aryl methyl sites for hydroxylation is 1. The second-order valence-corrected chi connectivity index (χ2v) is 7.30. The monoisotopic (exact) mass is 359 g/mol. The van der Waals surface area contributed by atoms with Gasteiger partial charge in [-0.3, -0.25) is 14.7 Å². The Morgan fingerprint density at radius 3 is 2.70 bits per heavy atom. The van der Waals surface area contributed by atoms with Crippen LogP contribution < -0.4 is 5.56 Å². The summed E-state index contributed by atoms with van der Waals surface area (Å²) in [5.74, 6) is 0. The van der Waals surface area contributed by atoms with Crippen molar-refractivity contribution in [3.05, 3.63) is 88.0 Å². The molecule has 1 aromatic carbocycles. The summed E-state index contributed by atoms with van der Waals surface area (Å²) in [6.07, 6.45) is 6.59. The first kappa shape index (κ1) is 17.7. The highest BCUT2D eigenvalue weighted by Crippen LogP contribution is 2.32. The van der Waals surface area contributed by atoms with Gasteiger partial charge in [0.1, 0.15) is 0 Å². The van der Waals surface area contributed by atoms with Gasteiger partial charge in [-0.05, 0) is 60.0 Å². The predicted octanol–water partition coefficient (Wildman–Crippen LogP) is 4.23. The number of hydrogen-bond acceptors (Lipinski definition) is 3. The topological polar surface area (TPSA) is 49.0 Å². The SMILES string of the molecule is C=C1CCN(C(c2cccnc2)c2ccc3[nH]c(=O)c(CC)cc3c2)CC1. The molecule has 0 aliphatic carbocycles. The van der Waals surface area contributed by atoms with E-state index in [4.69, 9.17) is 0 Å². The molecule has 1 saturated heterocycles. The first-order chi connectivity index (χ1) is 13.2. The fraction of sp³-hybridized carbons (Fsp3) is 0.304. The lowest BCUT2D eigenvalue weighted by Gasteiger charge is -2.36. The van der Waals surface area contributed by atoms with Gasteiger partial charge in [0.15, 0.2) is 0 Å². The maximum Gasteiger partial charge on any atom is 0.251 e. The molecule has 138 valence electrons. The third-order valence-electron chi connectivity index (χ3n) is 5.51. The first-order valence-corrected chi connectivity index (χ1v) is 9.62. The third kappa shape index (κ3) is 3.58. The van der Waals surface area contributed by atoms with Crippen LogP contribution in [-0.2, 0) is 6.42 Å². The molecule has 0 radical (unpaired) electrons. The molecule has 4 rings (SSSR count). The first-order valence-electron chi connectivity index (χ1n) is 9.62. The summed E-state index contributed by atoms with van der Waals surface area (Å²) in [4.78, 5) is 22.0. The van der Waals surface area contributed by atoms with Gasteiger partial charge in [-0.2, -0.15) is 0 Å². The van der Waals surface area contributed by atoms with E-state index >= 15 is 0 Å². The minimum Gasteiger partial charge on any atom is -0.322 e. The molecule has 3 heterocycles. The molecule has 1 atom stereocenters. The van der Waals surface area contributed by atoms with Crippen molar-refractivity contribution < 1.29 is 0 Å². The van der Waals surface area contributed by atoms with Gasteiger partial charge in [0.25, 0.3) is 5.56 Å². The average molecular weight is 359 g/mol. The zero-order chi connectivity index (χ0) is 18.8. The number of H-pyrrole nitrogens is 1. The Morgan fingerprint density at radius 2 is 2.00 bits per heavy atom. The van der Waals surface area contributed by atoms with Crippen molar-refractivity contribution in [2.45, 2.75) is 32.2 Å². The molecule has 0 amide bonds. The summed E-state index contributed by atoms with van der Waals surface area (Å²) < 4.78 is 0. The highest BCUT2D eigenvalue weighted by atomic mass is 16.1. The van der Waals surface area contributed by atoms with Crippen molar-refractivity contribution in [1.29, 1.82) is 0 Å². The lowest BCUT2D eigenvalue weighted by molar-refractivity contribution is 0.210.